The van der Waals surface area contributed by atoms with E-state index in [2.05, 4.69) is 131 Å². The Bertz CT molecular complexity index is 8290. The summed E-state index contributed by atoms with van der Waals surface area (Å²) in [6, 6.07) is 61.0. The maximum Gasteiger partial charge on any atom is 0.233 e. The summed E-state index contributed by atoms with van der Waals surface area (Å²) in [7, 11) is 15.8. The Morgan fingerprint density at radius 1 is 0.231 bits per heavy atom. The third-order valence-corrected chi connectivity index (χ3v) is 24.4. The van der Waals surface area contributed by atoms with Crippen LogP contribution in [0.4, 0.5) is 0 Å². The van der Waals surface area contributed by atoms with Crippen molar-refractivity contribution in [1.29, 1.82) is 0 Å². The minimum atomic E-state index is -2.40. The standard InChI is InChI=1S/C27H29N4.3C26H27N4/c1-16-12-18(3)21(14-17(16)2)25-19(4)13-20(5)26(30(25)7)24-15-31-23-11-9-8-10-22(23)28-27(31)29(24)6;2*1-16-11-12-20(17(2)13-16)24-18(3)14-19(4)25(29(24)6)23-15-30-22-10-8-7-9-21(22)27-26(30)28(23)5;1-16-11-12-17(2)20(13-16)24-18(3)14-19(4)25(29(24)6)23-15-30-22-10-8-7-9-21(22)27-26(30)28(23)5/h8-15H,1-7H3;3*7-15H,1-6H3/q4*+1/i2D3,4D3;3D3;;1D3,3D3. The number of hydrogen-bond acceptors (Lipinski definition) is 4. The van der Waals surface area contributed by atoms with Gasteiger partial charge in [-0.1, -0.05) is 108 Å². The third kappa shape index (κ3) is 13.5. The van der Waals surface area contributed by atoms with E-state index in [4.69, 9.17) is 40.5 Å². The first kappa shape index (κ1) is 63.5. The maximum atomic E-state index is 8.31. The highest BCUT2D eigenvalue weighted by molar-refractivity contribution is 5.86. The summed E-state index contributed by atoms with van der Waals surface area (Å²) < 4.78 is 147. The molecule has 0 saturated carbocycles. The first-order valence-electron chi connectivity index (χ1n) is 48.2. The fourth-order valence-corrected chi connectivity index (χ4v) is 18.6. The molecule has 16 heteroatoms. The molecule has 0 radical (unpaired) electrons. The largest absolute Gasteiger partial charge is 0.308 e. The summed E-state index contributed by atoms with van der Waals surface area (Å²) in [5, 5.41) is 0. The number of nitrogens with zero attached hydrogens (tertiary/aromatic N) is 16. The van der Waals surface area contributed by atoms with Crippen LogP contribution < -0.4 is 18.3 Å². The molecule has 20 rings (SSSR count). The Labute approximate surface area is 730 Å². The Balaban J connectivity index is 0.000000126. The minimum absolute atomic E-state index is 0.172. The van der Waals surface area contributed by atoms with Gasteiger partial charge >= 0.3 is 0 Å². The third-order valence-electron chi connectivity index (χ3n) is 24.4. The van der Waals surface area contributed by atoms with Crippen LogP contribution in [0.15, 0.2) is 213 Å². The first-order chi connectivity index (χ1) is 63.9. The van der Waals surface area contributed by atoms with Gasteiger partial charge in [-0.15, -0.1) is 0 Å². The van der Waals surface area contributed by atoms with E-state index in [9.17, 15) is 0 Å². The van der Waals surface area contributed by atoms with E-state index in [0.29, 0.717) is 33.6 Å². The van der Waals surface area contributed by atoms with E-state index in [0.717, 1.165) is 157 Å². The number of fused-ring (bicyclic) bond motifs is 12. The molecule has 0 aliphatic rings. The first-order valence-corrected chi connectivity index (χ1v) is 40.7. The Hall–Kier alpha value is -13.6. The molecule has 0 atom stereocenters. The van der Waals surface area contributed by atoms with E-state index >= 15 is 0 Å². The molecular weight excluding hydrogens is 1490 g/mol. The molecule has 20 aromatic rings. The van der Waals surface area contributed by atoms with E-state index in [1.165, 1.54) is 39.2 Å². The zero-order valence-corrected chi connectivity index (χ0v) is 72.4. The molecule has 121 heavy (non-hydrogen) atoms. The van der Waals surface area contributed by atoms with Crippen molar-refractivity contribution in [3.63, 3.8) is 0 Å². The van der Waals surface area contributed by atoms with Crippen LogP contribution in [0.25, 0.3) is 158 Å². The van der Waals surface area contributed by atoms with Gasteiger partial charge in [-0.25, -0.2) is 19.9 Å². The van der Waals surface area contributed by atoms with E-state index in [1.807, 2.05) is 232 Å². The topological polar surface area (TPSA) is 104 Å². The highest BCUT2D eigenvalue weighted by Gasteiger charge is 2.33. The predicted molar refractivity (Wildman–Crippen MR) is 495 cm³/mol. The fourth-order valence-electron chi connectivity index (χ4n) is 18.6. The summed E-state index contributed by atoms with van der Waals surface area (Å²) in [5.41, 5.74) is 35.2. The lowest BCUT2D eigenvalue weighted by atomic mass is 9.94. The van der Waals surface area contributed by atoms with Gasteiger partial charge in [0.1, 0.15) is 51.0 Å². The molecule has 606 valence electrons. The lowest BCUT2D eigenvalue weighted by Crippen LogP contribution is -2.36. The van der Waals surface area contributed by atoms with Gasteiger partial charge in [-0.3, -0.25) is 17.6 Å². The molecule has 0 spiro atoms. The number of imidazole rings is 8. The van der Waals surface area contributed by atoms with Crippen molar-refractivity contribution in [2.24, 2.45) is 56.4 Å². The second-order valence-electron chi connectivity index (χ2n) is 32.8. The molecule has 12 aromatic heterocycles. The van der Waals surface area contributed by atoms with E-state index in [1.54, 1.807) is 43.3 Å². The van der Waals surface area contributed by atoms with Crippen LogP contribution in [-0.4, -0.2) is 55.8 Å². The second-order valence-corrected chi connectivity index (χ2v) is 32.8. The van der Waals surface area contributed by atoms with Crippen molar-refractivity contribution >= 4 is 67.2 Å². The SMILES string of the molecule is Cc1ccc(-c2c(C)cc(C)c(-c3cn4c5ccccc5nc4n3C)[n+]2C)c(C)c1.[2H]C([2H])([2H])c1cc(-c2c(C([2H])([2H])[2H])cc(C)c(-c3cn4c5ccccc5nc4n3C)[n+]2C)c(C)cc1C.[2H]C([2H])([2H])c1cc(C)c(-c2cn3c4ccccc4nc3n2C)[n+](C)c1-c1ccc(C)cc1C.[2H]C([2H])([2H])c1ccc(C)c(-c2c(C([2H])([2H])[2H])cc(C)c(-c3cn4c5ccccc5nc4n3C)[n+]2C)c1. The highest BCUT2D eigenvalue weighted by atomic mass is 15.2. The van der Waals surface area contributed by atoms with E-state index < -0.39 is 34.3 Å². The molecule has 0 N–H and O–H groups in total. The number of pyridine rings is 4. The molecule has 0 fully saturated rings. The minimum Gasteiger partial charge on any atom is -0.308 e. The number of hydrogen-bond donors (Lipinski definition) is 0. The van der Waals surface area contributed by atoms with Gasteiger partial charge in [0.05, 0.1) is 44.1 Å². The molecule has 0 saturated heterocycles. The number of para-hydroxylation sites is 8. The van der Waals surface area contributed by atoms with Crippen molar-refractivity contribution in [2.75, 3.05) is 0 Å². The molecular formula is C105H110N16+4. The van der Waals surface area contributed by atoms with Gasteiger partial charge in [0.15, 0.2) is 0 Å². The van der Waals surface area contributed by atoms with Crippen LogP contribution in [0.5, 0.6) is 0 Å². The fraction of sp³-hybridized carbons (Fsp3) is 0.238. The average Bonchev–Trinajstić information content (AvgIpc) is 1.53. The molecule has 8 aromatic carbocycles. The molecule has 0 amide bonds. The number of rotatable bonds is 8. The summed E-state index contributed by atoms with van der Waals surface area (Å²) >= 11 is 0. The van der Waals surface area contributed by atoms with Crippen molar-refractivity contribution in [1.82, 2.24) is 55.8 Å². The summed E-state index contributed by atoms with van der Waals surface area (Å²) in [6.07, 6.45) is 8.33. The normalized spacial score (nSPS) is 14.0. The van der Waals surface area contributed by atoms with Gasteiger partial charge in [-0.2, -0.15) is 18.3 Å². The summed E-state index contributed by atoms with van der Waals surface area (Å²) in [4.78, 5) is 19.2. The van der Waals surface area contributed by atoms with Crippen LogP contribution in [0.1, 0.15) is 115 Å². The van der Waals surface area contributed by atoms with Crippen LogP contribution in [-0.2, 0) is 56.4 Å². The zero-order valence-electron chi connectivity index (χ0n) is 87.4. The molecule has 16 nitrogen and oxygen atoms in total. The van der Waals surface area contributed by atoms with Crippen molar-refractivity contribution in [3.05, 3.63) is 307 Å². The maximum absolute atomic E-state index is 8.31. The number of aromatic nitrogens is 16. The van der Waals surface area contributed by atoms with Gasteiger partial charge in [-0.05, 0) is 248 Å². The van der Waals surface area contributed by atoms with Crippen LogP contribution in [0.2, 0.25) is 0 Å². The van der Waals surface area contributed by atoms with Gasteiger partial charge in [0.25, 0.3) is 0 Å². The monoisotopic (exact) mass is 1610 g/mol. The Kier molecular flexibility index (Phi) is 16.1. The van der Waals surface area contributed by atoms with Crippen LogP contribution in [0, 0.1) is 117 Å². The van der Waals surface area contributed by atoms with Crippen LogP contribution >= 0.6 is 0 Å². The smallest absolute Gasteiger partial charge is 0.233 e. The molecule has 0 bridgehead atoms. The Morgan fingerprint density at radius 2 is 0.504 bits per heavy atom. The molecule has 0 unspecified atom stereocenters. The van der Waals surface area contributed by atoms with Crippen molar-refractivity contribution in [2.45, 2.75) is 117 Å². The average molecular weight is 1610 g/mol. The van der Waals surface area contributed by atoms with Crippen molar-refractivity contribution in [3.8, 4) is 90.6 Å². The van der Waals surface area contributed by atoms with Gasteiger partial charge in [0.2, 0.25) is 68.7 Å². The number of benzene rings is 8. The molecule has 0 aliphatic heterocycles. The Morgan fingerprint density at radius 3 is 0.826 bits per heavy atom. The second kappa shape index (κ2) is 30.6. The molecule has 0 aliphatic carbocycles. The van der Waals surface area contributed by atoms with Crippen molar-refractivity contribution < 1.29 is 38.8 Å². The summed E-state index contributed by atoms with van der Waals surface area (Å²) in [6.45, 7) is 12.5. The summed E-state index contributed by atoms with van der Waals surface area (Å²) in [5.74, 6) is 3.35. The van der Waals surface area contributed by atoms with Gasteiger partial charge < -0.3 is 18.3 Å². The molecule has 12 heterocycles. The quantitative estimate of drug-likeness (QED) is 0.141. The van der Waals surface area contributed by atoms with Gasteiger partial charge in [0, 0.05) is 140 Å². The zero-order chi connectivity index (χ0) is 98.0. The lowest BCUT2D eigenvalue weighted by molar-refractivity contribution is -0.650. The van der Waals surface area contributed by atoms with Crippen LogP contribution in [0.3, 0.4) is 0 Å². The predicted octanol–water partition coefficient (Wildman–Crippen LogP) is 21.2. The van der Waals surface area contributed by atoms with E-state index in [-0.39, 0.29) is 22.3 Å². The lowest BCUT2D eigenvalue weighted by Gasteiger charge is -2.14. The highest BCUT2D eigenvalue weighted by Crippen LogP contribution is 2.38. The number of aryl methyl sites for hydroxylation is 21.